The van der Waals surface area contributed by atoms with Crippen molar-refractivity contribution >= 4 is 24.5 Å². The second-order valence-electron chi connectivity index (χ2n) is 7.24. The standard InChI is InChI=1S/C21H20N2O3Si/c1-26-18-9-10-19-17(13-18)14-22-20(21(19)23(24)25)16-7-5-15(6-8-16)11-12-27(2,3)4/h5-10,13-14H,1-4H3. The number of benzene rings is 2. The quantitative estimate of drug-likeness (QED) is 0.278. The third-order valence-corrected chi connectivity index (χ3v) is 4.87. The molecule has 0 saturated carbocycles. The maximum Gasteiger partial charge on any atom is 0.303 e. The Morgan fingerprint density at radius 2 is 1.81 bits per heavy atom. The molecule has 1 heterocycles. The summed E-state index contributed by atoms with van der Waals surface area (Å²) in [4.78, 5) is 15.7. The molecule has 0 bridgehead atoms. The van der Waals surface area contributed by atoms with Gasteiger partial charge in [-0.15, -0.1) is 5.54 Å². The van der Waals surface area contributed by atoms with Gasteiger partial charge in [0.2, 0.25) is 0 Å². The minimum absolute atomic E-state index is 0.00362. The van der Waals surface area contributed by atoms with Crippen LogP contribution in [0.3, 0.4) is 0 Å². The third kappa shape index (κ3) is 4.15. The summed E-state index contributed by atoms with van der Waals surface area (Å²) in [5.74, 6) is 3.82. The molecule has 136 valence electrons. The van der Waals surface area contributed by atoms with Crippen LogP contribution in [-0.2, 0) is 0 Å². The van der Waals surface area contributed by atoms with Crippen LogP contribution >= 0.6 is 0 Å². The number of pyridine rings is 1. The third-order valence-electron chi connectivity index (χ3n) is 3.99. The molecular weight excluding hydrogens is 356 g/mol. The van der Waals surface area contributed by atoms with Crippen LogP contribution in [0, 0.1) is 21.6 Å². The summed E-state index contributed by atoms with van der Waals surface area (Å²) in [5, 5.41) is 13.0. The molecule has 0 spiro atoms. The smallest absolute Gasteiger partial charge is 0.303 e. The number of methoxy groups -OCH3 is 1. The number of aromatic nitrogens is 1. The van der Waals surface area contributed by atoms with Gasteiger partial charge >= 0.3 is 5.69 Å². The molecule has 0 radical (unpaired) electrons. The first kappa shape index (κ1) is 18.6. The van der Waals surface area contributed by atoms with Crippen molar-refractivity contribution in [1.82, 2.24) is 4.98 Å². The Balaban J connectivity index is 2.09. The Bertz CT molecular complexity index is 1070. The molecule has 0 aliphatic carbocycles. The maximum absolute atomic E-state index is 11.8. The zero-order valence-corrected chi connectivity index (χ0v) is 16.7. The van der Waals surface area contributed by atoms with Gasteiger partial charge in [0.1, 0.15) is 19.5 Å². The molecule has 0 amide bonds. The van der Waals surface area contributed by atoms with Crippen LogP contribution in [0.1, 0.15) is 5.56 Å². The molecule has 1 aromatic heterocycles. The van der Waals surface area contributed by atoms with Crippen molar-refractivity contribution in [2.24, 2.45) is 0 Å². The van der Waals surface area contributed by atoms with Crippen molar-refractivity contribution in [2.45, 2.75) is 19.6 Å². The average molecular weight is 376 g/mol. The molecule has 3 rings (SSSR count). The van der Waals surface area contributed by atoms with E-state index < -0.39 is 8.07 Å². The summed E-state index contributed by atoms with van der Waals surface area (Å²) in [6.45, 7) is 6.56. The van der Waals surface area contributed by atoms with E-state index in [0.717, 1.165) is 5.56 Å². The Hall–Kier alpha value is -3.17. The highest BCUT2D eigenvalue weighted by molar-refractivity contribution is 6.83. The van der Waals surface area contributed by atoms with E-state index in [1.165, 1.54) is 0 Å². The fraction of sp³-hybridized carbons (Fsp3) is 0.190. The normalized spacial score (nSPS) is 11.0. The molecular formula is C21H20N2O3Si. The van der Waals surface area contributed by atoms with Crippen molar-refractivity contribution in [3.8, 4) is 28.5 Å². The summed E-state index contributed by atoms with van der Waals surface area (Å²) in [6, 6.07) is 12.6. The van der Waals surface area contributed by atoms with Gasteiger partial charge in [-0.05, 0) is 30.3 Å². The lowest BCUT2D eigenvalue weighted by Gasteiger charge is -2.07. The van der Waals surface area contributed by atoms with Gasteiger partial charge in [-0.2, -0.15) is 0 Å². The van der Waals surface area contributed by atoms with Gasteiger partial charge in [0.05, 0.1) is 17.4 Å². The minimum atomic E-state index is -1.45. The highest BCUT2D eigenvalue weighted by Gasteiger charge is 2.21. The number of fused-ring (bicyclic) bond motifs is 1. The molecule has 0 atom stereocenters. The number of nitro groups is 1. The Labute approximate surface area is 159 Å². The molecule has 2 aromatic carbocycles. The van der Waals surface area contributed by atoms with Gasteiger partial charge in [0, 0.05) is 22.7 Å². The van der Waals surface area contributed by atoms with E-state index >= 15 is 0 Å². The fourth-order valence-corrected chi connectivity index (χ4v) is 3.20. The molecule has 0 fully saturated rings. The van der Waals surface area contributed by atoms with E-state index in [0.29, 0.717) is 27.8 Å². The van der Waals surface area contributed by atoms with Crippen LogP contribution in [-0.4, -0.2) is 25.1 Å². The lowest BCUT2D eigenvalue weighted by atomic mass is 10.0. The predicted molar refractivity (Wildman–Crippen MR) is 111 cm³/mol. The molecule has 0 unspecified atom stereocenters. The zero-order chi connectivity index (χ0) is 19.6. The van der Waals surface area contributed by atoms with E-state index in [4.69, 9.17) is 4.74 Å². The first-order valence-corrected chi connectivity index (χ1v) is 12.0. The van der Waals surface area contributed by atoms with Gasteiger partial charge in [0.25, 0.3) is 0 Å². The van der Waals surface area contributed by atoms with Crippen molar-refractivity contribution < 1.29 is 9.66 Å². The Morgan fingerprint density at radius 3 is 2.41 bits per heavy atom. The molecule has 6 heteroatoms. The van der Waals surface area contributed by atoms with Crippen LogP contribution in [0.2, 0.25) is 19.6 Å². The van der Waals surface area contributed by atoms with E-state index in [1.54, 1.807) is 31.5 Å². The first-order chi connectivity index (χ1) is 12.8. The molecule has 27 heavy (non-hydrogen) atoms. The van der Waals surface area contributed by atoms with E-state index in [9.17, 15) is 10.1 Å². The van der Waals surface area contributed by atoms with E-state index in [-0.39, 0.29) is 10.6 Å². The SMILES string of the molecule is COc1ccc2c([N+](=O)[O-])c(-c3ccc(C#C[Si](C)(C)C)cc3)ncc2c1. The predicted octanol–water partition coefficient (Wildman–Crippen LogP) is 5.05. The summed E-state index contributed by atoms with van der Waals surface area (Å²) in [7, 11) is 0.107. The molecule has 0 saturated heterocycles. The topological polar surface area (TPSA) is 65.3 Å². The first-order valence-electron chi connectivity index (χ1n) is 8.53. The van der Waals surface area contributed by atoms with Crippen LogP contribution < -0.4 is 4.74 Å². The van der Waals surface area contributed by atoms with Crippen LogP contribution in [0.15, 0.2) is 48.7 Å². The monoisotopic (exact) mass is 376 g/mol. The fourth-order valence-electron chi connectivity index (χ4n) is 2.68. The van der Waals surface area contributed by atoms with Crippen molar-refractivity contribution in [3.05, 3.63) is 64.3 Å². The van der Waals surface area contributed by atoms with Crippen molar-refractivity contribution in [2.75, 3.05) is 7.11 Å². The molecule has 3 aromatic rings. The van der Waals surface area contributed by atoms with Crippen LogP contribution in [0.5, 0.6) is 5.75 Å². The van der Waals surface area contributed by atoms with Crippen molar-refractivity contribution in [1.29, 1.82) is 0 Å². The van der Waals surface area contributed by atoms with Gasteiger partial charge < -0.3 is 4.74 Å². The van der Waals surface area contributed by atoms with Crippen LogP contribution in [0.25, 0.3) is 22.0 Å². The number of hydrogen-bond donors (Lipinski definition) is 0. The highest BCUT2D eigenvalue weighted by atomic mass is 28.3. The van der Waals surface area contributed by atoms with Gasteiger partial charge in [0.15, 0.2) is 0 Å². The van der Waals surface area contributed by atoms with Gasteiger partial charge in [-0.25, -0.2) is 4.98 Å². The highest BCUT2D eigenvalue weighted by Crippen LogP contribution is 2.35. The number of nitrogens with zero attached hydrogens (tertiary/aromatic N) is 2. The summed E-state index contributed by atoms with van der Waals surface area (Å²) in [5.41, 5.74) is 5.25. The summed E-state index contributed by atoms with van der Waals surface area (Å²) < 4.78 is 5.19. The summed E-state index contributed by atoms with van der Waals surface area (Å²) >= 11 is 0. The molecule has 5 nitrogen and oxygen atoms in total. The van der Waals surface area contributed by atoms with Crippen molar-refractivity contribution in [3.63, 3.8) is 0 Å². The lowest BCUT2D eigenvalue weighted by molar-refractivity contribution is -0.382. The summed E-state index contributed by atoms with van der Waals surface area (Å²) in [6.07, 6.45) is 1.64. The number of rotatable bonds is 3. The number of ether oxygens (including phenoxy) is 1. The average Bonchev–Trinajstić information content (AvgIpc) is 2.64. The minimum Gasteiger partial charge on any atom is -0.497 e. The molecule has 0 aliphatic heterocycles. The number of hydrogen-bond acceptors (Lipinski definition) is 4. The Kier molecular flexibility index (Phi) is 4.97. The second kappa shape index (κ2) is 7.21. The second-order valence-corrected chi connectivity index (χ2v) is 12.0. The van der Waals surface area contributed by atoms with E-state index in [2.05, 4.69) is 36.1 Å². The lowest BCUT2D eigenvalue weighted by Crippen LogP contribution is -2.16. The zero-order valence-electron chi connectivity index (χ0n) is 15.7. The van der Waals surface area contributed by atoms with Crippen LogP contribution in [0.4, 0.5) is 5.69 Å². The molecule has 0 N–H and O–H groups in total. The van der Waals surface area contributed by atoms with E-state index in [1.807, 2.05) is 24.3 Å². The van der Waals surface area contributed by atoms with Gasteiger partial charge in [-0.3, -0.25) is 10.1 Å². The van der Waals surface area contributed by atoms with Gasteiger partial charge in [-0.1, -0.05) is 37.7 Å². The largest absolute Gasteiger partial charge is 0.497 e. The maximum atomic E-state index is 11.8. The molecule has 0 aliphatic rings. The Morgan fingerprint density at radius 1 is 1.11 bits per heavy atom.